The summed E-state index contributed by atoms with van der Waals surface area (Å²) in [6, 6.07) is -48.4. The zero-order valence-electron chi connectivity index (χ0n) is 75.9. The van der Waals surface area contributed by atoms with Gasteiger partial charge in [0.05, 0.1) is 63.7 Å². The Morgan fingerprint density at radius 1 is 0.400 bits per heavy atom. The molecule has 0 N–H and O–H groups in total. The molecule has 9 aromatic rings. The summed E-state index contributed by atoms with van der Waals surface area (Å²) in [5, 5.41) is -2.40. The fraction of sp³-hybridized carbons (Fsp3) is 0.103. The maximum absolute atomic E-state index is 10.3. The van der Waals surface area contributed by atoms with Crippen molar-refractivity contribution in [1.29, 1.82) is 0 Å². The Kier molecular flexibility index (Phi) is 2.74. The molecule has 0 atom stereocenters. The molecule has 11 rings (SSSR count). The summed E-state index contributed by atoms with van der Waals surface area (Å²) < 4.78 is 427. The van der Waals surface area contributed by atoms with Crippen molar-refractivity contribution in [3.8, 4) is 33.4 Å². The molecular formula is C58H46N2. The highest BCUT2D eigenvalue weighted by molar-refractivity contribution is 6.08. The van der Waals surface area contributed by atoms with Gasteiger partial charge in [0.15, 0.2) is 0 Å². The average molecular weight is 817 g/mol. The van der Waals surface area contributed by atoms with Crippen LogP contribution in [0.1, 0.15) is 113 Å². The maximum atomic E-state index is 10.3. The van der Waals surface area contributed by atoms with Crippen LogP contribution in [0.4, 0.5) is 34.1 Å². The molecule has 0 saturated heterocycles. The number of nitrogens with zero attached hydrogens (tertiary/aromatic N) is 2. The quantitative estimate of drug-likeness (QED) is 0.165. The van der Waals surface area contributed by atoms with E-state index in [2.05, 4.69) is 0 Å². The third-order valence-electron chi connectivity index (χ3n) is 9.61. The fourth-order valence-electron chi connectivity index (χ4n) is 6.95. The van der Waals surface area contributed by atoms with E-state index in [-0.39, 0.29) is 9.80 Å². The first-order valence-electron chi connectivity index (χ1n) is 40.3. The van der Waals surface area contributed by atoms with Gasteiger partial charge in [-0.15, -0.1) is 0 Å². The molecule has 0 unspecified atom stereocenters. The normalized spacial score (nSPS) is 26.0. The smallest absolute Gasteiger partial charge is 0.0652 e. The second kappa shape index (κ2) is 13.7. The van der Waals surface area contributed by atoms with E-state index in [0.717, 1.165) is 0 Å². The van der Waals surface area contributed by atoms with Crippen LogP contribution in [-0.4, -0.2) is 0 Å². The van der Waals surface area contributed by atoms with Gasteiger partial charge < -0.3 is 9.80 Å². The van der Waals surface area contributed by atoms with E-state index in [0.29, 0.717) is 0 Å². The molecule has 2 nitrogen and oxygen atoms in total. The maximum Gasteiger partial charge on any atom is 0.0652 e. The molecular weight excluding hydrogens is 725 g/mol. The first-order valence-corrected chi connectivity index (χ1v) is 17.3. The van der Waals surface area contributed by atoms with Crippen LogP contribution in [0.15, 0.2) is 205 Å². The van der Waals surface area contributed by atoms with Gasteiger partial charge in [0.2, 0.25) is 0 Å². The highest BCUT2D eigenvalue weighted by atomic mass is 15.2. The lowest BCUT2D eigenvalue weighted by molar-refractivity contribution is 0.632. The molecule has 1 heterocycles. The van der Waals surface area contributed by atoms with Crippen LogP contribution in [0.2, 0.25) is 0 Å². The lowest BCUT2D eigenvalue weighted by Gasteiger charge is -2.43. The van der Waals surface area contributed by atoms with Crippen molar-refractivity contribution >= 4 is 44.9 Å². The molecule has 60 heavy (non-hydrogen) atoms. The zero-order valence-corrected chi connectivity index (χ0v) is 29.9. The number of para-hydroxylation sites is 2. The number of anilines is 6. The van der Waals surface area contributed by atoms with Gasteiger partial charge >= 0.3 is 0 Å². The molecule has 0 spiro atoms. The number of rotatable bonds is 6. The van der Waals surface area contributed by atoms with Crippen LogP contribution in [0, 0.1) is 0 Å². The molecule has 0 saturated carbocycles. The van der Waals surface area contributed by atoms with Gasteiger partial charge in [0.25, 0.3) is 0 Å². The fourth-order valence-corrected chi connectivity index (χ4v) is 6.95. The standard InChI is InChI=1S/C58H46N2/c1-57(2)50-24-14-13-23-48(50)49-35-33-45(38-53(49)57)59(43-20-9-6-10-21-43)44-31-27-41(28-32-44)47-34-29-40-19-11-12-22-46(40)56(47)60-54-26-16-15-25-51(54)58(3,4)52-36-30-42(37-55(52)60)39-17-7-5-8-18-39/h5-38H,1-4H3/i1D3,2D3,3D3,4D3,5D,6D,7D,8D,9D,10D,11D,12D,13D,14D,15D,16D,17D,18D,19D,20D,21D,22D,23D,24D,25D,26D,27D,28D,29D,30D,31D,32D,33D,34D,35D,36D,37D,38D. The summed E-state index contributed by atoms with van der Waals surface area (Å²) in [5.74, 6) is 0. The minimum atomic E-state index is -4.35. The van der Waals surface area contributed by atoms with Crippen LogP contribution >= 0.6 is 0 Å². The Morgan fingerprint density at radius 3 is 1.78 bits per heavy atom. The monoisotopic (exact) mass is 817 g/mol. The predicted molar refractivity (Wildman–Crippen MR) is 254 cm³/mol. The lowest BCUT2D eigenvalue weighted by Crippen LogP contribution is -2.31. The Bertz CT molecular complexity index is 5430. The summed E-state index contributed by atoms with van der Waals surface area (Å²) in [5.41, 5.74) is -30.8. The third-order valence-corrected chi connectivity index (χ3v) is 9.61. The van der Waals surface area contributed by atoms with E-state index in [1.807, 2.05) is 0 Å². The van der Waals surface area contributed by atoms with Crippen LogP contribution in [0.3, 0.4) is 0 Å². The topological polar surface area (TPSA) is 6.48 Å². The van der Waals surface area contributed by atoms with Crippen molar-refractivity contribution in [2.45, 2.75) is 38.2 Å². The number of hydrogen-bond acceptors (Lipinski definition) is 2. The summed E-state index contributed by atoms with van der Waals surface area (Å²) in [4.78, 5) is 0.186. The molecule has 0 radical (unpaired) electrons. The Labute approximate surface area is 418 Å². The van der Waals surface area contributed by atoms with Crippen LogP contribution in [0.25, 0.3) is 44.2 Å². The molecule has 0 amide bonds. The van der Waals surface area contributed by atoms with Crippen molar-refractivity contribution < 1.29 is 63.1 Å². The van der Waals surface area contributed by atoms with E-state index >= 15 is 0 Å². The van der Waals surface area contributed by atoms with E-state index in [9.17, 15) is 32.9 Å². The summed E-state index contributed by atoms with van der Waals surface area (Å²) in [6.45, 7) is -17.0. The Balaban J connectivity index is 1.43. The molecule has 9 aromatic carbocycles. The van der Waals surface area contributed by atoms with Crippen molar-refractivity contribution in [3.05, 3.63) is 228 Å². The molecule has 0 fully saturated rings. The third kappa shape index (κ3) is 5.55. The summed E-state index contributed by atoms with van der Waals surface area (Å²) in [6.07, 6.45) is 0. The van der Waals surface area contributed by atoms with Gasteiger partial charge in [0.1, 0.15) is 0 Å². The van der Waals surface area contributed by atoms with Crippen molar-refractivity contribution in [2.75, 3.05) is 9.80 Å². The van der Waals surface area contributed by atoms with E-state index in [4.69, 9.17) is 30.2 Å². The minimum Gasteiger partial charge on any atom is -0.310 e. The molecule has 1 aliphatic heterocycles. The molecule has 0 aromatic heterocycles. The van der Waals surface area contributed by atoms with Gasteiger partial charge in [0, 0.05) is 55.3 Å². The van der Waals surface area contributed by atoms with E-state index in [1.54, 1.807) is 0 Å². The van der Waals surface area contributed by atoms with Gasteiger partial charge in [-0.1, -0.05) is 185 Å². The first-order chi connectivity index (χ1) is 48.5. The van der Waals surface area contributed by atoms with Crippen molar-refractivity contribution in [2.24, 2.45) is 0 Å². The number of fused-ring (bicyclic) bond motifs is 6. The highest BCUT2D eigenvalue weighted by Gasteiger charge is 2.39. The summed E-state index contributed by atoms with van der Waals surface area (Å²) >= 11 is 0. The van der Waals surface area contributed by atoms with Gasteiger partial charge in [-0.25, -0.2) is 0 Å². The van der Waals surface area contributed by atoms with Gasteiger partial charge in [-0.2, -0.15) is 0 Å². The van der Waals surface area contributed by atoms with Crippen molar-refractivity contribution in [3.63, 3.8) is 0 Å². The average Bonchev–Trinajstić information content (AvgIpc) is 1.17. The Hall–Kier alpha value is -7.16. The van der Waals surface area contributed by atoms with Crippen LogP contribution in [0.5, 0.6) is 0 Å². The second-order valence-electron chi connectivity index (χ2n) is 13.0. The molecule has 2 aliphatic rings. The molecule has 288 valence electrons. The van der Waals surface area contributed by atoms with Gasteiger partial charge in [-0.05, 0) is 104 Å². The van der Waals surface area contributed by atoms with Crippen LogP contribution < -0.4 is 9.80 Å². The number of hydrogen-bond donors (Lipinski definition) is 0. The van der Waals surface area contributed by atoms with Crippen LogP contribution in [-0.2, 0) is 10.8 Å². The Morgan fingerprint density at radius 2 is 0.983 bits per heavy atom. The molecule has 0 bridgehead atoms. The largest absolute Gasteiger partial charge is 0.310 e. The highest BCUT2D eigenvalue weighted by Crippen LogP contribution is 2.56. The van der Waals surface area contributed by atoms with Crippen molar-refractivity contribution in [1.82, 2.24) is 0 Å². The van der Waals surface area contributed by atoms with E-state index in [1.165, 1.54) is 0 Å². The SMILES string of the molecule is [2H]c1c([2H])c([2H])c(-c2c([2H])c([2H])c3c(c2[2H])N(c2c(-c4c([2H])c([2H])c(N(c5c([2H])c([2H])c([2H])c([2H])c5[2H])c5c([2H])c([2H])c6c(c5[2H])C(C([2H])([2H])[2H])(C([2H])([2H])[2H])c5c([2H])c([2H])c([2H])c([2H])c5-6)c([2H])c4[2H])c([2H])c([2H])c4c([2H])c([2H])c([2H])c([2H])c24)c2c([2H])c([2H])c([2H])c([2H])c2C3(C([2H])([2H])[2H])C([2H])([2H])[2H])c([2H])c1[2H]. The predicted octanol–water partition coefficient (Wildman–Crippen LogP) is 16.1. The first kappa shape index (κ1) is 12.0. The number of benzene rings is 9. The molecule has 1 aliphatic carbocycles. The minimum absolute atomic E-state index is 0.0164. The lowest BCUT2D eigenvalue weighted by atomic mass is 9.73. The van der Waals surface area contributed by atoms with Gasteiger partial charge in [-0.3, -0.25) is 0 Å². The van der Waals surface area contributed by atoms with E-state index < -0.39 is 344 Å². The molecule has 2 heteroatoms. The summed E-state index contributed by atoms with van der Waals surface area (Å²) in [7, 11) is 0. The zero-order chi connectivity index (χ0) is 80.2. The second-order valence-corrected chi connectivity index (χ2v) is 13.0.